The summed E-state index contributed by atoms with van der Waals surface area (Å²) < 4.78 is 0.0381. The zero-order valence-electron chi connectivity index (χ0n) is 13.3. The highest BCUT2D eigenvalue weighted by Crippen LogP contribution is 2.42. The van der Waals surface area contributed by atoms with Crippen LogP contribution in [0.3, 0.4) is 0 Å². The molecule has 0 atom stereocenters. The van der Waals surface area contributed by atoms with Crippen LogP contribution in [0.25, 0.3) is 0 Å². The Bertz CT molecular complexity index is 604. The number of carbonyl (C=O) groups is 1. The van der Waals surface area contributed by atoms with Crippen molar-refractivity contribution in [1.82, 2.24) is 4.48 Å². The number of benzene rings is 1. The molecule has 1 aromatic rings. The maximum absolute atomic E-state index is 11.4. The lowest BCUT2D eigenvalue weighted by Gasteiger charge is -2.35. The van der Waals surface area contributed by atoms with Crippen LogP contribution in [0.2, 0.25) is 0 Å². The Morgan fingerprint density at radius 1 is 1.04 bits per heavy atom. The number of nitro groups is 2. The average Bonchev–Trinajstić information content (AvgIpc) is 2.51. The second-order valence-corrected chi connectivity index (χ2v) is 5.17. The van der Waals surface area contributed by atoms with Gasteiger partial charge in [-0.25, -0.2) is 0 Å². The van der Waals surface area contributed by atoms with E-state index in [9.17, 15) is 30.1 Å². The summed E-state index contributed by atoms with van der Waals surface area (Å²) in [7, 11) is 0. The molecule has 0 saturated heterocycles. The molecule has 0 fully saturated rings. The molecule has 126 valence electrons. The van der Waals surface area contributed by atoms with Gasteiger partial charge in [0.05, 0.1) is 35.5 Å². The van der Waals surface area contributed by atoms with Crippen LogP contribution >= 0.6 is 0 Å². The van der Waals surface area contributed by atoms with Gasteiger partial charge >= 0.3 is 11.4 Å². The fourth-order valence-corrected chi connectivity index (χ4v) is 2.88. The predicted molar refractivity (Wildman–Crippen MR) is 82.1 cm³/mol. The number of carboxylic acids is 1. The van der Waals surface area contributed by atoms with Crippen molar-refractivity contribution < 1.29 is 19.7 Å². The zero-order valence-corrected chi connectivity index (χ0v) is 13.3. The van der Waals surface area contributed by atoms with Gasteiger partial charge in [-0.1, -0.05) is 6.92 Å². The summed E-state index contributed by atoms with van der Waals surface area (Å²) in [6.07, 6.45) is 0.665. The summed E-state index contributed by atoms with van der Waals surface area (Å²) >= 11 is 0. The van der Waals surface area contributed by atoms with E-state index < -0.39 is 32.8 Å². The van der Waals surface area contributed by atoms with Gasteiger partial charge in [0.2, 0.25) is 0 Å². The van der Waals surface area contributed by atoms with Gasteiger partial charge in [-0.2, -0.15) is 0 Å². The number of carboxylic acid groups (broad SMARTS) is 1. The van der Waals surface area contributed by atoms with Crippen LogP contribution in [0.4, 0.5) is 17.1 Å². The highest BCUT2D eigenvalue weighted by molar-refractivity contribution is 5.91. The lowest BCUT2D eigenvalue weighted by molar-refractivity contribution is -0.394. The van der Waals surface area contributed by atoms with Gasteiger partial charge in [-0.15, -0.1) is 0 Å². The van der Waals surface area contributed by atoms with Crippen molar-refractivity contribution in [1.29, 1.82) is 0 Å². The van der Waals surface area contributed by atoms with Crippen molar-refractivity contribution in [2.45, 2.75) is 27.2 Å². The van der Waals surface area contributed by atoms with Crippen molar-refractivity contribution >= 4 is 23.0 Å². The van der Waals surface area contributed by atoms with Crippen molar-refractivity contribution in [2.24, 2.45) is 0 Å². The standard InChI is InChI=1S/C14H19N3O6/c1-4-7-17(5-2,6-3)13-11(15(20)21)8-10(14(18)19)9-12(13)16(22)23/h8-9H,4-7H2,1-3H3. The van der Waals surface area contributed by atoms with Crippen molar-refractivity contribution in [3.63, 3.8) is 0 Å². The van der Waals surface area contributed by atoms with Crippen molar-refractivity contribution in [3.8, 4) is 0 Å². The number of rotatable bonds is 8. The van der Waals surface area contributed by atoms with Crippen LogP contribution in [-0.2, 0) is 0 Å². The van der Waals surface area contributed by atoms with Crippen LogP contribution < -0.4 is 9.59 Å². The maximum Gasteiger partial charge on any atom is 0.337 e. The fraction of sp³-hybridized carbons (Fsp3) is 0.500. The Kier molecular flexibility index (Phi) is 5.74. The van der Waals surface area contributed by atoms with Gasteiger partial charge in [0.15, 0.2) is 0 Å². The third-order valence-corrected chi connectivity index (χ3v) is 4.04. The molecule has 0 amide bonds. The van der Waals surface area contributed by atoms with E-state index >= 15 is 0 Å². The number of quaternary nitrogens is 1. The molecule has 0 N–H and O–H groups in total. The summed E-state index contributed by atoms with van der Waals surface area (Å²) in [5.74, 6) is -1.69. The number of nitrogens with zero attached hydrogens (tertiary/aromatic N) is 3. The summed E-state index contributed by atoms with van der Waals surface area (Å²) in [5, 5.41) is 33.8. The molecule has 1 aromatic carbocycles. The minimum Gasteiger partial charge on any atom is -0.545 e. The van der Waals surface area contributed by atoms with E-state index in [4.69, 9.17) is 0 Å². The maximum atomic E-state index is 11.4. The van der Waals surface area contributed by atoms with Gasteiger partial charge in [0.25, 0.3) is 5.69 Å². The molecular weight excluding hydrogens is 306 g/mol. The number of aromatic carboxylic acids is 1. The van der Waals surface area contributed by atoms with Crippen molar-refractivity contribution in [3.05, 3.63) is 37.9 Å². The SMILES string of the molecule is CCC[N+](CC)(CC)c1c([N+](=O)[O-])cc(C(=O)[O-])cc1[N+](=O)[O-]. The first-order valence-corrected chi connectivity index (χ1v) is 7.28. The van der Waals surface area contributed by atoms with E-state index in [0.29, 0.717) is 26.1 Å². The number of hydrogen-bond acceptors (Lipinski definition) is 6. The zero-order chi connectivity index (χ0) is 17.8. The smallest absolute Gasteiger partial charge is 0.337 e. The van der Waals surface area contributed by atoms with Crippen LogP contribution in [0.15, 0.2) is 12.1 Å². The Morgan fingerprint density at radius 2 is 1.48 bits per heavy atom. The highest BCUT2D eigenvalue weighted by Gasteiger charge is 2.42. The molecule has 0 bridgehead atoms. The Hall–Kier alpha value is -2.55. The van der Waals surface area contributed by atoms with E-state index in [0.717, 1.165) is 12.1 Å². The third kappa shape index (κ3) is 3.45. The van der Waals surface area contributed by atoms with Crippen molar-refractivity contribution in [2.75, 3.05) is 19.6 Å². The van der Waals surface area contributed by atoms with E-state index in [2.05, 4.69) is 0 Å². The molecule has 0 aromatic heterocycles. The second kappa shape index (κ2) is 7.14. The molecule has 23 heavy (non-hydrogen) atoms. The van der Waals surface area contributed by atoms with E-state index in [1.807, 2.05) is 6.92 Å². The van der Waals surface area contributed by atoms with Gasteiger partial charge in [0.1, 0.15) is 0 Å². The van der Waals surface area contributed by atoms with Gasteiger partial charge in [0, 0.05) is 17.7 Å². The van der Waals surface area contributed by atoms with Gasteiger partial charge < -0.3 is 9.90 Å². The van der Waals surface area contributed by atoms with Crippen LogP contribution in [-0.4, -0.2) is 35.5 Å². The molecular formula is C14H19N3O6. The summed E-state index contributed by atoms with van der Waals surface area (Å²) in [6, 6.07) is 1.68. The largest absolute Gasteiger partial charge is 0.545 e. The molecule has 9 nitrogen and oxygen atoms in total. The lowest BCUT2D eigenvalue weighted by atomic mass is 10.1. The number of carbonyl (C=O) groups excluding carboxylic acids is 1. The van der Waals surface area contributed by atoms with E-state index in [-0.39, 0.29) is 10.2 Å². The van der Waals surface area contributed by atoms with Crippen LogP contribution in [0, 0.1) is 20.2 Å². The molecule has 0 aliphatic rings. The Labute approximate surface area is 133 Å². The molecule has 9 heteroatoms. The van der Waals surface area contributed by atoms with E-state index in [1.54, 1.807) is 13.8 Å². The molecule has 0 spiro atoms. The molecule has 0 radical (unpaired) electrons. The molecule has 0 unspecified atom stereocenters. The molecule has 1 rings (SSSR count). The summed E-state index contributed by atoms with van der Waals surface area (Å²) in [5.41, 5.74) is -1.75. The van der Waals surface area contributed by atoms with E-state index in [1.165, 1.54) is 0 Å². The molecule has 0 aliphatic heterocycles. The first kappa shape index (κ1) is 18.5. The normalized spacial score (nSPS) is 11.3. The first-order valence-electron chi connectivity index (χ1n) is 7.28. The van der Waals surface area contributed by atoms with Gasteiger partial charge in [-0.3, -0.25) is 24.7 Å². The third-order valence-electron chi connectivity index (χ3n) is 4.04. The quantitative estimate of drug-likeness (QED) is 0.406. The predicted octanol–water partition coefficient (Wildman–Crippen LogP) is 1.62. The minimum absolute atomic E-state index is 0.0381. The lowest BCUT2D eigenvalue weighted by Crippen LogP contribution is -2.50. The van der Waals surface area contributed by atoms with Gasteiger partial charge in [-0.05, 0) is 20.3 Å². The average molecular weight is 325 g/mol. The summed E-state index contributed by atoms with van der Waals surface area (Å²) in [4.78, 5) is 32.3. The topological polar surface area (TPSA) is 126 Å². The van der Waals surface area contributed by atoms with Crippen LogP contribution in [0.5, 0.6) is 0 Å². The minimum atomic E-state index is -1.69. The Morgan fingerprint density at radius 3 is 1.74 bits per heavy atom. The first-order chi connectivity index (χ1) is 10.7. The fourth-order valence-electron chi connectivity index (χ4n) is 2.88. The molecule has 0 aliphatic carbocycles. The molecule has 0 saturated carbocycles. The number of hydrogen-bond donors (Lipinski definition) is 0. The monoisotopic (exact) mass is 325 g/mol. The molecule has 0 heterocycles. The van der Waals surface area contributed by atoms with Crippen LogP contribution in [0.1, 0.15) is 37.6 Å². The summed E-state index contributed by atoms with van der Waals surface area (Å²) in [6.45, 7) is 6.76. The second-order valence-electron chi connectivity index (χ2n) is 5.17. The number of nitro benzene ring substituents is 2. The highest BCUT2D eigenvalue weighted by atomic mass is 16.6. The Balaban J connectivity index is 3.90.